The van der Waals surface area contributed by atoms with Gasteiger partial charge in [0, 0.05) is 10.9 Å². The first kappa shape index (κ1) is 11.4. The molecule has 84 valence electrons. The third kappa shape index (κ3) is 2.55. The summed E-state index contributed by atoms with van der Waals surface area (Å²) >= 11 is 3.87. The first-order chi connectivity index (χ1) is 7.18. The lowest BCUT2D eigenvalue weighted by Crippen LogP contribution is -2.03. The molecule has 0 aromatic carbocycles. The van der Waals surface area contributed by atoms with Gasteiger partial charge in [-0.1, -0.05) is 6.42 Å². The molecule has 2 N–H and O–H groups in total. The number of hydrogen-bond donors (Lipinski definition) is 1. The van der Waals surface area contributed by atoms with Crippen LogP contribution in [0.5, 0.6) is 0 Å². The highest BCUT2D eigenvalue weighted by atomic mass is 32.2. The fourth-order valence-electron chi connectivity index (χ4n) is 1.93. The Morgan fingerprint density at radius 1 is 1.47 bits per heavy atom. The van der Waals surface area contributed by atoms with Gasteiger partial charge < -0.3 is 5.73 Å². The number of thioether (sulfide) groups is 1. The Hall–Kier alpha value is -0.0600. The van der Waals surface area contributed by atoms with Gasteiger partial charge in [0.2, 0.25) is 0 Å². The van der Waals surface area contributed by atoms with Gasteiger partial charge in [-0.3, -0.25) is 0 Å². The predicted octanol–water partition coefficient (Wildman–Crippen LogP) is 3.43. The van der Waals surface area contributed by atoms with Crippen LogP contribution >= 0.6 is 23.1 Å². The zero-order chi connectivity index (χ0) is 10.8. The van der Waals surface area contributed by atoms with E-state index < -0.39 is 0 Å². The Bertz CT molecular complexity index is 327. The fraction of sp³-hybridized carbons (Fsp3) is 0.727. The monoisotopic (exact) mass is 242 g/mol. The van der Waals surface area contributed by atoms with Crippen molar-refractivity contribution in [1.29, 1.82) is 0 Å². The minimum Gasteiger partial charge on any atom is -0.323 e. The van der Waals surface area contributed by atoms with Crippen LogP contribution in [-0.2, 0) is 0 Å². The van der Waals surface area contributed by atoms with E-state index in [0.717, 1.165) is 5.69 Å². The number of nitrogens with two attached hydrogens (primary N) is 1. The van der Waals surface area contributed by atoms with Gasteiger partial charge in [0.15, 0.2) is 0 Å². The van der Waals surface area contributed by atoms with Crippen LogP contribution in [0.15, 0.2) is 0 Å². The molecule has 4 heteroatoms. The second-order valence-corrected chi connectivity index (χ2v) is 6.52. The molecule has 0 spiro atoms. The molecule has 2 rings (SSSR count). The third-order valence-corrected chi connectivity index (χ3v) is 5.72. The molecule has 0 saturated carbocycles. The van der Waals surface area contributed by atoms with Gasteiger partial charge in [-0.25, -0.2) is 4.98 Å². The van der Waals surface area contributed by atoms with E-state index in [-0.39, 0.29) is 6.04 Å². The van der Waals surface area contributed by atoms with Crippen molar-refractivity contribution in [3.63, 3.8) is 0 Å². The summed E-state index contributed by atoms with van der Waals surface area (Å²) in [6.45, 7) is 4.12. The maximum atomic E-state index is 5.92. The average Bonchev–Trinajstić information content (AvgIpc) is 2.62. The topological polar surface area (TPSA) is 38.9 Å². The van der Waals surface area contributed by atoms with Crippen molar-refractivity contribution in [3.05, 3.63) is 15.6 Å². The highest BCUT2D eigenvalue weighted by molar-refractivity contribution is 7.99. The number of hydrogen-bond acceptors (Lipinski definition) is 4. The van der Waals surface area contributed by atoms with E-state index >= 15 is 0 Å². The lowest BCUT2D eigenvalue weighted by Gasteiger charge is -2.18. The fourth-order valence-corrected chi connectivity index (χ4v) is 4.49. The number of aryl methyl sites for hydroxylation is 1. The normalized spacial score (nSPS) is 24.1. The van der Waals surface area contributed by atoms with Crippen molar-refractivity contribution >= 4 is 23.1 Å². The van der Waals surface area contributed by atoms with Crippen LogP contribution < -0.4 is 5.73 Å². The molecule has 0 bridgehead atoms. The molecule has 2 atom stereocenters. The van der Waals surface area contributed by atoms with E-state index in [4.69, 9.17) is 5.73 Å². The summed E-state index contributed by atoms with van der Waals surface area (Å²) in [6.07, 6.45) is 4.01. The van der Waals surface area contributed by atoms with Gasteiger partial charge >= 0.3 is 0 Å². The molecule has 0 radical (unpaired) electrons. The number of nitrogens with zero attached hydrogens (tertiary/aromatic N) is 1. The van der Waals surface area contributed by atoms with Crippen molar-refractivity contribution in [2.24, 2.45) is 5.73 Å². The van der Waals surface area contributed by atoms with Gasteiger partial charge in [0.25, 0.3) is 0 Å². The van der Waals surface area contributed by atoms with Gasteiger partial charge in [-0.05, 0) is 32.4 Å². The molecule has 1 aromatic heterocycles. The maximum absolute atomic E-state index is 5.92. The summed E-state index contributed by atoms with van der Waals surface area (Å²) in [6, 6.07) is 0.129. The molecular weight excluding hydrogens is 224 g/mol. The maximum Gasteiger partial charge on any atom is 0.106 e. The second kappa shape index (κ2) is 4.85. The van der Waals surface area contributed by atoms with E-state index in [0.29, 0.717) is 5.25 Å². The lowest BCUT2D eigenvalue weighted by atomic mass is 10.2. The first-order valence-electron chi connectivity index (χ1n) is 5.53. The molecule has 15 heavy (non-hydrogen) atoms. The Kier molecular flexibility index (Phi) is 3.69. The Morgan fingerprint density at radius 3 is 2.80 bits per heavy atom. The van der Waals surface area contributed by atoms with Crippen LogP contribution in [0.3, 0.4) is 0 Å². The molecule has 2 nitrogen and oxygen atoms in total. The van der Waals surface area contributed by atoms with Crippen LogP contribution in [0.2, 0.25) is 0 Å². The molecule has 1 aromatic rings. The molecule has 0 aliphatic carbocycles. The summed E-state index contributed by atoms with van der Waals surface area (Å²) < 4.78 is 0. The van der Waals surface area contributed by atoms with E-state index in [2.05, 4.69) is 23.7 Å². The smallest absolute Gasteiger partial charge is 0.106 e. The standard InChI is InChI=1S/C11H18N2S2/c1-7(12)10-8(2)13-11(15-10)9-5-3-4-6-14-9/h7,9H,3-6,12H2,1-2H3. The minimum absolute atomic E-state index is 0.129. The van der Waals surface area contributed by atoms with Crippen LogP contribution in [-0.4, -0.2) is 10.7 Å². The molecule has 2 unspecified atom stereocenters. The molecule has 1 aliphatic rings. The number of thiazole rings is 1. The van der Waals surface area contributed by atoms with E-state index in [1.54, 1.807) is 0 Å². The van der Waals surface area contributed by atoms with Crippen molar-refractivity contribution in [1.82, 2.24) is 4.98 Å². The molecule has 2 heterocycles. The van der Waals surface area contributed by atoms with Gasteiger partial charge in [0.1, 0.15) is 5.01 Å². The van der Waals surface area contributed by atoms with Crippen LogP contribution in [0.4, 0.5) is 0 Å². The van der Waals surface area contributed by atoms with Gasteiger partial charge in [-0.15, -0.1) is 11.3 Å². The second-order valence-electron chi connectivity index (χ2n) is 4.15. The zero-order valence-electron chi connectivity index (χ0n) is 9.32. The van der Waals surface area contributed by atoms with Crippen molar-refractivity contribution in [2.75, 3.05) is 5.75 Å². The summed E-state index contributed by atoms with van der Waals surface area (Å²) in [7, 11) is 0. The minimum atomic E-state index is 0.129. The summed E-state index contributed by atoms with van der Waals surface area (Å²) in [5.74, 6) is 1.29. The number of aromatic nitrogens is 1. The van der Waals surface area contributed by atoms with Crippen LogP contribution in [0, 0.1) is 6.92 Å². The zero-order valence-corrected chi connectivity index (χ0v) is 11.0. The van der Waals surface area contributed by atoms with Gasteiger partial charge in [0.05, 0.1) is 10.9 Å². The summed E-state index contributed by atoms with van der Waals surface area (Å²) in [4.78, 5) is 5.93. The Morgan fingerprint density at radius 2 is 2.27 bits per heavy atom. The summed E-state index contributed by atoms with van der Waals surface area (Å²) in [5.41, 5.74) is 7.06. The molecule has 0 amide bonds. The van der Waals surface area contributed by atoms with Gasteiger partial charge in [-0.2, -0.15) is 11.8 Å². The van der Waals surface area contributed by atoms with Crippen LogP contribution in [0.25, 0.3) is 0 Å². The van der Waals surface area contributed by atoms with E-state index in [1.165, 1.54) is 34.9 Å². The highest BCUT2D eigenvalue weighted by Gasteiger charge is 2.21. The Labute approximate surface area is 99.7 Å². The summed E-state index contributed by atoms with van der Waals surface area (Å²) in [5, 5.41) is 1.93. The van der Waals surface area contributed by atoms with E-state index in [9.17, 15) is 0 Å². The molecule has 1 saturated heterocycles. The van der Waals surface area contributed by atoms with Crippen LogP contribution in [0.1, 0.15) is 53.1 Å². The molecule has 1 fully saturated rings. The van der Waals surface area contributed by atoms with E-state index in [1.807, 2.05) is 18.3 Å². The van der Waals surface area contributed by atoms with Crippen molar-refractivity contribution in [2.45, 2.75) is 44.4 Å². The lowest BCUT2D eigenvalue weighted by molar-refractivity contribution is 0.683. The average molecular weight is 242 g/mol. The quantitative estimate of drug-likeness (QED) is 0.863. The highest BCUT2D eigenvalue weighted by Crippen LogP contribution is 2.41. The SMILES string of the molecule is Cc1nc(C2CCCCS2)sc1C(C)N. The third-order valence-electron chi connectivity index (χ3n) is 2.72. The first-order valence-corrected chi connectivity index (χ1v) is 7.39. The molecule has 1 aliphatic heterocycles. The molecular formula is C11H18N2S2. The predicted molar refractivity (Wildman–Crippen MR) is 68.5 cm³/mol. The number of rotatable bonds is 2. The largest absolute Gasteiger partial charge is 0.323 e. The van der Waals surface area contributed by atoms with Crippen molar-refractivity contribution < 1.29 is 0 Å². The Balaban J connectivity index is 2.17. The van der Waals surface area contributed by atoms with Crippen molar-refractivity contribution in [3.8, 4) is 0 Å².